The maximum atomic E-state index is 11.5. The van der Waals surface area contributed by atoms with Crippen LogP contribution < -0.4 is 11.1 Å². The van der Waals surface area contributed by atoms with E-state index in [4.69, 9.17) is 17.3 Å². The quantitative estimate of drug-likeness (QED) is 0.899. The predicted octanol–water partition coefficient (Wildman–Crippen LogP) is 2.43. The van der Waals surface area contributed by atoms with Gasteiger partial charge in [-0.3, -0.25) is 0 Å². The van der Waals surface area contributed by atoms with Gasteiger partial charge in [-0.15, -0.1) is 0 Å². The van der Waals surface area contributed by atoms with Crippen molar-refractivity contribution in [2.24, 2.45) is 5.73 Å². The molecule has 0 saturated heterocycles. The number of halogens is 1. The van der Waals surface area contributed by atoms with Crippen LogP contribution in [0.4, 0.5) is 5.69 Å². The molecule has 0 aromatic heterocycles. The van der Waals surface area contributed by atoms with Gasteiger partial charge in [-0.1, -0.05) is 11.6 Å². The monoisotopic (exact) mass is 302 g/mol. The smallest absolute Gasteiger partial charge is 0.175 e. The number of hydrogen-bond donors (Lipinski definition) is 2. The van der Waals surface area contributed by atoms with Crippen molar-refractivity contribution in [3.8, 4) is 0 Å². The molecule has 0 aliphatic heterocycles. The second kappa shape index (κ2) is 5.69. The summed E-state index contributed by atoms with van der Waals surface area (Å²) in [5.74, 6) is 0. The van der Waals surface area contributed by atoms with E-state index in [0.29, 0.717) is 10.7 Å². The Morgan fingerprint density at radius 2 is 2.11 bits per heavy atom. The SMILES string of the molecule is CS(=O)(=O)c1ccc(Cl)c(NC2CCCC(N)C2)c1. The first kappa shape index (κ1) is 14.6. The normalized spacial score (nSPS) is 24.2. The van der Waals surface area contributed by atoms with Gasteiger partial charge >= 0.3 is 0 Å². The predicted molar refractivity (Wildman–Crippen MR) is 78.4 cm³/mol. The van der Waals surface area contributed by atoms with Crippen molar-refractivity contribution in [1.29, 1.82) is 0 Å². The van der Waals surface area contributed by atoms with E-state index in [0.717, 1.165) is 25.7 Å². The molecule has 1 fully saturated rings. The van der Waals surface area contributed by atoms with Crippen molar-refractivity contribution < 1.29 is 8.42 Å². The van der Waals surface area contributed by atoms with E-state index in [9.17, 15) is 8.42 Å². The summed E-state index contributed by atoms with van der Waals surface area (Å²) in [4.78, 5) is 0.277. The van der Waals surface area contributed by atoms with Crippen LogP contribution in [0.2, 0.25) is 5.02 Å². The molecule has 0 heterocycles. The van der Waals surface area contributed by atoms with E-state index in [1.54, 1.807) is 12.1 Å². The van der Waals surface area contributed by atoms with E-state index in [-0.39, 0.29) is 17.0 Å². The Morgan fingerprint density at radius 3 is 2.74 bits per heavy atom. The standard InChI is InChI=1S/C13H19ClN2O2S/c1-19(17,18)11-5-6-12(14)13(8-11)16-10-4-2-3-9(15)7-10/h5-6,8-10,16H,2-4,7,15H2,1H3. The van der Waals surface area contributed by atoms with E-state index >= 15 is 0 Å². The topological polar surface area (TPSA) is 72.2 Å². The molecule has 1 aromatic rings. The molecule has 1 saturated carbocycles. The molecule has 1 aliphatic rings. The summed E-state index contributed by atoms with van der Waals surface area (Å²) in [7, 11) is -3.22. The summed E-state index contributed by atoms with van der Waals surface area (Å²) < 4.78 is 23.1. The van der Waals surface area contributed by atoms with Gasteiger partial charge in [0.2, 0.25) is 0 Å². The molecule has 1 aliphatic carbocycles. The minimum atomic E-state index is -3.22. The second-order valence-electron chi connectivity index (χ2n) is 5.18. The van der Waals surface area contributed by atoms with Gasteiger partial charge in [0.1, 0.15) is 0 Å². The average molecular weight is 303 g/mol. The zero-order valence-electron chi connectivity index (χ0n) is 10.9. The highest BCUT2D eigenvalue weighted by Gasteiger charge is 2.20. The molecule has 3 N–H and O–H groups in total. The van der Waals surface area contributed by atoms with Crippen molar-refractivity contribution in [2.75, 3.05) is 11.6 Å². The summed E-state index contributed by atoms with van der Waals surface area (Å²) in [5, 5.41) is 3.85. The van der Waals surface area contributed by atoms with Crippen LogP contribution in [0.15, 0.2) is 23.1 Å². The van der Waals surface area contributed by atoms with E-state index in [2.05, 4.69) is 5.32 Å². The Balaban J connectivity index is 2.19. The van der Waals surface area contributed by atoms with Crippen LogP contribution >= 0.6 is 11.6 Å². The number of nitrogens with one attached hydrogen (secondary N) is 1. The van der Waals surface area contributed by atoms with Crippen molar-refractivity contribution in [3.05, 3.63) is 23.2 Å². The molecule has 0 bridgehead atoms. The summed E-state index contributed by atoms with van der Waals surface area (Å²) >= 11 is 6.11. The lowest BCUT2D eigenvalue weighted by atomic mass is 9.91. The van der Waals surface area contributed by atoms with Crippen molar-refractivity contribution >= 4 is 27.1 Å². The first-order valence-corrected chi connectivity index (χ1v) is 8.65. The van der Waals surface area contributed by atoms with Gasteiger partial charge < -0.3 is 11.1 Å². The minimum absolute atomic E-state index is 0.211. The van der Waals surface area contributed by atoms with Gasteiger partial charge in [0.15, 0.2) is 9.84 Å². The zero-order valence-corrected chi connectivity index (χ0v) is 12.5. The maximum Gasteiger partial charge on any atom is 0.175 e. The Labute approximate surface area is 119 Å². The lowest BCUT2D eigenvalue weighted by Gasteiger charge is -2.28. The number of hydrogen-bond acceptors (Lipinski definition) is 4. The minimum Gasteiger partial charge on any atom is -0.381 e. The van der Waals surface area contributed by atoms with Gasteiger partial charge in [-0.2, -0.15) is 0 Å². The van der Waals surface area contributed by atoms with E-state index < -0.39 is 9.84 Å². The molecule has 0 spiro atoms. The molecule has 4 nitrogen and oxygen atoms in total. The van der Waals surface area contributed by atoms with E-state index in [1.807, 2.05) is 0 Å². The fourth-order valence-electron chi connectivity index (χ4n) is 2.42. The Hall–Kier alpha value is -0.780. The van der Waals surface area contributed by atoms with Crippen LogP contribution in [0.3, 0.4) is 0 Å². The average Bonchev–Trinajstić information content (AvgIpc) is 2.30. The Bertz CT molecular complexity index is 560. The number of sulfone groups is 1. The highest BCUT2D eigenvalue weighted by atomic mass is 35.5. The van der Waals surface area contributed by atoms with Crippen LogP contribution in [0, 0.1) is 0 Å². The van der Waals surface area contributed by atoms with Gasteiger partial charge in [-0.05, 0) is 43.9 Å². The van der Waals surface area contributed by atoms with E-state index in [1.165, 1.54) is 12.3 Å². The summed E-state index contributed by atoms with van der Waals surface area (Å²) in [5.41, 5.74) is 6.62. The highest BCUT2D eigenvalue weighted by Crippen LogP contribution is 2.28. The lowest BCUT2D eigenvalue weighted by molar-refractivity contribution is 0.409. The molecule has 0 radical (unpaired) electrons. The van der Waals surface area contributed by atoms with Crippen LogP contribution in [-0.4, -0.2) is 26.8 Å². The lowest BCUT2D eigenvalue weighted by Crippen LogP contribution is -2.34. The molecule has 2 unspecified atom stereocenters. The molecule has 6 heteroatoms. The second-order valence-corrected chi connectivity index (χ2v) is 7.60. The number of anilines is 1. The van der Waals surface area contributed by atoms with Crippen LogP contribution in [-0.2, 0) is 9.84 Å². The molecular weight excluding hydrogens is 284 g/mol. The third-order valence-electron chi connectivity index (χ3n) is 3.44. The van der Waals surface area contributed by atoms with Gasteiger partial charge in [0.25, 0.3) is 0 Å². The zero-order chi connectivity index (χ0) is 14.0. The largest absolute Gasteiger partial charge is 0.381 e. The Morgan fingerprint density at radius 1 is 1.37 bits per heavy atom. The first-order valence-electron chi connectivity index (χ1n) is 6.38. The van der Waals surface area contributed by atoms with Crippen LogP contribution in [0.1, 0.15) is 25.7 Å². The van der Waals surface area contributed by atoms with Crippen molar-refractivity contribution in [3.63, 3.8) is 0 Å². The van der Waals surface area contributed by atoms with Crippen LogP contribution in [0.25, 0.3) is 0 Å². The molecule has 1 aromatic carbocycles. The number of benzene rings is 1. The summed E-state index contributed by atoms with van der Waals surface area (Å²) in [6.45, 7) is 0. The summed E-state index contributed by atoms with van der Waals surface area (Å²) in [6.07, 6.45) is 5.25. The van der Waals surface area contributed by atoms with Gasteiger partial charge in [-0.25, -0.2) is 8.42 Å². The first-order chi connectivity index (χ1) is 8.86. The van der Waals surface area contributed by atoms with Gasteiger partial charge in [0, 0.05) is 18.3 Å². The third kappa shape index (κ3) is 3.84. The molecular formula is C13H19ClN2O2S. The molecule has 106 valence electrons. The maximum absolute atomic E-state index is 11.5. The van der Waals surface area contributed by atoms with Gasteiger partial charge in [0.05, 0.1) is 15.6 Å². The molecule has 2 rings (SSSR count). The van der Waals surface area contributed by atoms with Crippen LogP contribution in [0.5, 0.6) is 0 Å². The fourth-order valence-corrected chi connectivity index (χ4v) is 3.24. The molecule has 0 amide bonds. The molecule has 19 heavy (non-hydrogen) atoms. The summed E-state index contributed by atoms with van der Waals surface area (Å²) in [6, 6.07) is 5.20. The molecule has 2 atom stereocenters. The Kier molecular flexibility index (Phi) is 4.38. The number of nitrogens with two attached hydrogens (primary N) is 1. The fraction of sp³-hybridized carbons (Fsp3) is 0.538. The van der Waals surface area contributed by atoms with Crippen molar-refractivity contribution in [1.82, 2.24) is 0 Å². The third-order valence-corrected chi connectivity index (χ3v) is 4.88. The number of rotatable bonds is 3. The highest BCUT2D eigenvalue weighted by molar-refractivity contribution is 7.90. The van der Waals surface area contributed by atoms with Crippen molar-refractivity contribution in [2.45, 2.75) is 42.7 Å².